The summed E-state index contributed by atoms with van der Waals surface area (Å²) in [6.45, 7) is 5.65. The normalized spacial score (nSPS) is 20.8. The number of rotatable bonds is 4. The van der Waals surface area contributed by atoms with Crippen molar-refractivity contribution < 1.29 is 4.39 Å². The van der Waals surface area contributed by atoms with E-state index in [1.54, 1.807) is 0 Å². The SMILES string of the molecule is Fc1ccc(-c2[nH]ncc2CN2CCC(C3CCNCC3)CC2)cc1. The van der Waals surface area contributed by atoms with E-state index in [9.17, 15) is 4.39 Å². The summed E-state index contributed by atoms with van der Waals surface area (Å²) in [6, 6.07) is 6.64. The molecule has 2 aromatic rings. The van der Waals surface area contributed by atoms with E-state index in [-0.39, 0.29) is 5.82 Å². The summed E-state index contributed by atoms with van der Waals surface area (Å²) < 4.78 is 13.2. The molecule has 4 rings (SSSR count). The molecule has 134 valence electrons. The quantitative estimate of drug-likeness (QED) is 0.895. The Hall–Kier alpha value is -1.72. The van der Waals surface area contributed by atoms with Crippen molar-refractivity contribution in [2.24, 2.45) is 11.8 Å². The van der Waals surface area contributed by atoms with Crippen LogP contribution in [0, 0.1) is 17.7 Å². The van der Waals surface area contributed by atoms with Crippen molar-refractivity contribution >= 4 is 0 Å². The molecule has 1 aromatic heterocycles. The van der Waals surface area contributed by atoms with E-state index in [0.29, 0.717) is 0 Å². The standard InChI is InChI=1S/C20H27FN4/c21-19-3-1-17(2-4-19)20-18(13-23-24-20)14-25-11-7-16(8-12-25)15-5-9-22-10-6-15/h1-4,13,15-16,22H,5-12,14H2,(H,23,24). The molecule has 0 radical (unpaired) electrons. The second kappa shape index (κ2) is 7.67. The molecule has 0 atom stereocenters. The first kappa shape index (κ1) is 16.7. The van der Waals surface area contributed by atoms with Crippen LogP contribution in [-0.2, 0) is 6.54 Å². The van der Waals surface area contributed by atoms with Crippen molar-refractivity contribution in [3.63, 3.8) is 0 Å². The second-order valence-electron chi connectivity index (χ2n) is 7.48. The lowest BCUT2D eigenvalue weighted by Gasteiger charge is -2.37. The molecule has 0 saturated carbocycles. The molecule has 0 amide bonds. The first-order valence-electron chi connectivity index (χ1n) is 9.51. The highest BCUT2D eigenvalue weighted by molar-refractivity contribution is 5.62. The Labute approximate surface area is 148 Å². The molecule has 4 nitrogen and oxygen atoms in total. The minimum Gasteiger partial charge on any atom is -0.317 e. The molecular weight excluding hydrogens is 315 g/mol. The van der Waals surface area contributed by atoms with Gasteiger partial charge in [0.1, 0.15) is 5.82 Å². The fourth-order valence-corrected chi connectivity index (χ4v) is 4.44. The van der Waals surface area contributed by atoms with Gasteiger partial charge < -0.3 is 5.32 Å². The number of nitrogens with one attached hydrogen (secondary N) is 2. The minimum atomic E-state index is -0.204. The molecular formula is C20H27FN4. The summed E-state index contributed by atoms with van der Waals surface area (Å²) in [6.07, 6.45) is 7.24. The van der Waals surface area contributed by atoms with E-state index in [2.05, 4.69) is 20.4 Å². The van der Waals surface area contributed by atoms with Gasteiger partial charge in [0.2, 0.25) is 0 Å². The third-order valence-corrected chi connectivity index (χ3v) is 5.93. The van der Waals surface area contributed by atoms with Gasteiger partial charge in [0.15, 0.2) is 0 Å². The summed E-state index contributed by atoms with van der Waals surface area (Å²) in [5.41, 5.74) is 3.21. The Bertz CT molecular complexity index is 667. The molecule has 2 fully saturated rings. The van der Waals surface area contributed by atoms with Crippen molar-refractivity contribution in [1.29, 1.82) is 0 Å². The van der Waals surface area contributed by atoms with Gasteiger partial charge in [0, 0.05) is 17.7 Å². The number of hydrogen-bond acceptors (Lipinski definition) is 3. The lowest BCUT2D eigenvalue weighted by Crippen LogP contribution is -2.39. The van der Waals surface area contributed by atoms with Crippen LogP contribution in [0.5, 0.6) is 0 Å². The van der Waals surface area contributed by atoms with Crippen LogP contribution in [0.4, 0.5) is 4.39 Å². The Morgan fingerprint density at radius 2 is 1.68 bits per heavy atom. The highest BCUT2D eigenvalue weighted by Gasteiger charge is 2.27. The van der Waals surface area contributed by atoms with Gasteiger partial charge in [-0.2, -0.15) is 5.10 Å². The smallest absolute Gasteiger partial charge is 0.123 e. The van der Waals surface area contributed by atoms with E-state index >= 15 is 0 Å². The number of piperidine rings is 2. The Morgan fingerprint density at radius 1 is 1.00 bits per heavy atom. The first-order chi connectivity index (χ1) is 12.3. The monoisotopic (exact) mass is 342 g/mol. The first-order valence-corrected chi connectivity index (χ1v) is 9.51. The van der Waals surface area contributed by atoms with Gasteiger partial charge in [-0.1, -0.05) is 0 Å². The Kier molecular flexibility index (Phi) is 5.13. The van der Waals surface area contributed by atoms with Gasteiger partial charge in [0.25, 0.3) is 0 Å². The van der Waals surface area contributed by atoms with E-state index in [1.807, 2.05) is 18.3 Å². The summed E-state index contributed by atoms with van der Waals surface area (Å²) in [7, 11) is 0. The molecule has 2 N–H and O–H groups in total. The van der Waals surface area contributed by atoms with Crippen molar-refractivity contribution in [3.05, 3.63) is 41.8 Å². The van der Waals surface area contributed by atoms with Gasteiger partial charge in [-0.05, 0) is 88.0 Å². The third-order valence-electron chi connectivity index (χ3n) is 5.93. The number of hydrogen-bond donors (Lipinski definition) is 2. The van der Waals surface area contributed by atoms with E-state index in [1.165, 1.54) is 69.6 Å². The maximum Gasteiger partial charge on any atom is 0.123 e. The van der Waals surface area contributed by atoms with E-state index in [0.717, 1.165) is 29.6 Å². The number of nitrogens with zero attached hydrogens (tertiary/aromatic N) is 2. The van der Waals surface area contributed by atoms with Crippen LogP contribution < -0.4 is 5.32 Å². The summed E-state index contributed by atoms with van der Waals surface area (Å²) in [5, 5.41) is 10.8. The highest BCUT2D eigenvalue weighted by atomic mass is 19.1. The average molecular weight is 342 g/mol. The molecule has 1 aromatic carbocycles. The van der Waals surface area contributed by atoms with Gasteiger partial charge in [0.05, 0.1) is 11.9 Å². The summed E-state index contributed by atoms with van der Waals surface area (Å²) in [5.74, 6) is 1.62. The number of halogens is 1. The van der Waals surface area contributed by atoms with Gasteiger partial charge in [-0.3, -0.25) is 10.00 Å². The zero-order valence-corrected chi connectivity index (χ0v) is 14.7. The predicted molar refractivity (Wildman–Crippen MR) is 97.6 cm³/mol. The molecule has 2 aliphatic rings. The zero-order chi connectivity index (χ0) is 17.1. The Balaban J connectivity index is 1.36. The molecule has 0 unspecified atom stereocenters. The largest absolute Gasteiger partial charge is 0.317 e. The lowest BCUT2D eigenvalue weighted by molar-refractivity contribution is 0.126. The molecule has 2 aliphatic heterocycles. The lowest BCUT2D eigenvalue weighted by atomic mass is 9.79. The zero-order valence-electron chi connectivity index (χ0n) is 14.7. The van der Waals surface area contributed by atoms with Gasteiger partial charge in [-0.25, -0.2) is 4.39 Å². The molecule has 0 aliphatic carbocycles. The van der Waals surface area contributed by atoms with Crippen LogP contribution in [0.15, 0.2) is 30.5 Å². The van der Waals surface area contributed by atoms with Crippen LogP contribution in [0.25, 0.3) is 11.3 Å². The Morgan fingerprint density at radius 3 is 2.40 bits per heavy atom. The third kappa shape index (κ3) is 3.93. The number of aromatic nitrogens is 2. The van der Waals surface area contributed by atoms with Crippen LogP contribution in [0.2, 0.25) is 0 Å². The predicted octanol–water partition coefficient (Wildman–Crippen LogP) is 3.43. The van der Waals surface area contributed by atoms with Crippen LogP contribution in [0.1, 0.15) is 31.2 Å². The van der Waals surface area contributed by atoms with Gasteiger partial charge in [-0.15, -0.1) is 0 Å². The molecule has 3 heterocycles. The maximum absolute atomic E-state index is 13.2. The topological polar surface area (TPSA) is 44.0 Å². The van der Waals surface area contributed by atoms with Crippen molar-refractivity contribution in [2.75, 3.05) is 26.2 Å². The van der Waals surface area contributed by atoms with E-state index in [4.69, 9.17) is 0 Å². The summed E-state index contributed by atoms with van der Waals surface area (Å²) in [4.78, 5) is 2.54. The maximum atomic E-state index is 13.2. The molecule has 0 bridgehead atoms. The van der Waals surface area contributed by atoms with Crippen LogP contribution in [0.3, 0.4) is 0 Å². The fraction of sp³-hybridized carbons (Fsp3) is 0.550. The molecule has 0 spiro atoms. The minimum absolute atomic E-state index is 0.204. The number of H-pyrrole nitrogens is 1. The van der Waals surface area contributed by atoms with Crippen molar-refractivity contribution in [3.8, 4) is 11.3 Å². The van der Waals surface area contributed by atoms with E-state index < -0.39 is 0 Å². The van der Waals surface area contributed by atoms with Crippen LogP contribution >= 0.6 is 0 Å². The fourth-order valence-electron chi connectivity index (χ4n) is 4.44. The van der Waals surface area contributed by atoms with Crippen molar-refractivity contribution in [2.45, 2.75) is 32.2 Å². The molecule has 2 saturated heterocycles. The highest BCUT2D eigenvalue weighted by Crippen LogP contribution is 2.32. The molecule has 25 heavy (non-hydrogen) atoms. The summed E-state index contributed by atoms with van der Waals surface area (Å²) >= 11 is 0. The number of likely N-dealkylation sites (tertiary alicyclic amines) is 1. The molecule has 5 heteroatoms. The van der Waals surface area contributed by atoms with Gasteiger partial charge >= 0.3 is 0 Å². The van der Waals surface area contributed by atoms with Crippen molar-refractivity contribution in [1.82, 2.24) is 20.4 Å². The van der Waals surface area contributed by atoms with Crippen LogP contribution in [-0.4, -0.2) is 41.3 Å². The number of aromatic amines is 1. The average Bonchev–Trinajstić information content (AvgIpc) is 3.12. The number of benzene rings is 1. The second-order valence-corrected chi connectivity index (χ2v) is 7.48.